The van der Waals surface area contributed by atoms with Gasteiger partial charge in [-0.25, -0.2) is 4.98 Å². The van der Waals surface area contributed by atoms with Crippen LogP contribution in [0.2, 0.25) is 0 Å². The Hall–Kier alpha value is -2.93. The molecule has 3 aromatic rings. The van der Waals surface area contributed by atoms with Crippen LogP contribution in [0.15, 0.2) is 66.9 Å². The van der Waals surface area contributed by atoms with Gasteiger partial charge in [0.15, 0.2) is 0 Å². The molecule has 3 heterocycles. The number of nitrogens with one attached hydrogen (secondary N) is 1. The number of phenols is 1. The lowest BCUT2D eigenvalue weighted by atomic mass is 9.93. The zero-order valence-electron chi connectivity index (χ0n) is 19.0. The predicted molar refractivity (Wildman–Crippen MR) is 132 cm³/mol. The molecular weight excluding hydrogens is 410 g/mol. The molecule has 1 aromatic heterocycles. The Bertz CT molecular complexity index is 1100. The molecule has 2 aliphatic rings. The van der Waals surface area contributed by atoms with E-state index in [1.807, 2.05) is 24.4 Å². The number of aromatic hydroxyl groups is 1. The first kappa shape index (κ1) is 21.9. The molecule has 0 radical (unpaired) electrons. The van der Waals surface area contributed by atoms with Crippen molar-refractivity contribution in [2.75, 3.05) is 26.2 Å². The van der Waals surface area contributed by atoms with Crippen molar-refractivity contribution in [2.45, 2.75) is 32.0 Å². The van der Waals surface area contributed by atoms with Crippen molar-refractivity contribution in [3.8, 4) is 17.0 Å². The molecule has 5 rings (SSSR count). The van der Waals surface area contributed by atoms with Gasteiger partial charge in [-0.15, -0.1) is 0 Å². The Kier molecular flexibility index (Phi) is 6.58. The number of fused-ring (bicyclic) bond motifs is 1. The lowest BCUT2D eigenvalue weighted by molar-refractivity contribution is 0.233. The van der Waals surface area contributed by atoms with Crippen LogP contribution in [0, 0.1) is 5.92 Å². The fourth-order valence-corrected chi connectivity index (χ4v) is 4.81. The standard InChI is InChI=1S/C27H33N5O/c28-24-16-27-30-25(23-6-1-2-7-26(23)33)19-32(27)18-22(24)5-3-4-20-8-10-21(11-9-20)17-31-14-12-29-13-15-31/h1-3,5-11,19,22,24,29,33H,4,12-18,28H2/b5-3+. The summed E-state index contributed by atoms with van der Waals surface area (Å²) in [5, 5.41) is 13.6. The summed E-state index contributed by atoms with van der Waals surface area (Å²) in [6.45, 7) is 6.27. The normalized spacial score (nSPS) is 21.4. The second-order valence-corrected chi connectivity index (χ2v) is 9.22. The summed E-state index contributed by atoms with van der Waals surface area (Å²) in [5.74, 6) is 1.52. The van der Waals surface area contributed by atoms with Crippen LogP contribution in [0.4, 0.5) is 0 Å². The van der Waals surface area contributed by atoms with Gasteiger partial charge in [0.1, 0.15) is 11.6 Å². The third kappa shape index (κ3) is 5.19. The maximum Gasteiger partial charge on any atom is 0.125 e. The number of piperazine rings is 1. The van der Waals surface area contributed by atoms with Gasteiger partial charge in [-0.05, 0) is 29.7 Å². The number of hydrogen-bond acceptors (Lipinski definition) is 5. The Balaban J connectivity index is 1.19. The van der Waals surface area contributed by atoms with Crippen LogP contribution in [0.5, 0.6) is 5.75 Å². The summed E-state index contributed by atoms with van der Waals surface area (Å²) in [6, 6.07) is 16.4. The van der Waals surface area contributed by atoms with Crippen molar-refractivity contribution in [3.63, 3.8) is 0 Å². The average Bonchev–Trinajstić information content (AvgIpc) is 3.23. The number of rotatable bonds is 6. The van der Waals surface area contributed by atoms with Gasteiger partial charge in [-0.2, -0.15) is 0 Å². The molecule has 2 unspecified atom stereocenters. The van der Waals surface area contributed by atoms with Crippen molar-refractivity contribution < 1.29 is 5.11 Å². The number of hydrogen-bond donors (Lipinski definition) is 3. The van der Waals surface area contributed by atoms with Crippen molar-refractivity contribution in [2.24, 2.45) is 11.7 Å². The lowest BCUT2D eigenvalue weighted by Gasteiger charge is -2.27. The first-order valence-electron chi connectivity index (χ1n) is 11.9. The summed E-state index contributed by atoms with van der Waals surface area (Å²) >= 11 is 0. The number of aromatic nitrogens is 2. The van der Waals surface area contributed by atoms with Crippen molar-refractivity contribution in [3.05, 3.63) is 83.8 Å². The number of nitrogens with zero attached hydrogens (tertiary/aromatic N) is 3. The summed E-state index contributed by atoms with van der Waals surface area (Å²) in [7, 11) is 0. The molecule has 6 heteroatoms. The number of imidazole rings is 1. The topological polar surface area (TPSA) is 79.3 Å². The van der Waals surface area contributed by atoms with Crippen LogP contribution in [0.3, 0.4) is 0 Å². The molecule has 0 aliphatic carbocycles. The fourth-order valence-electron chi connectivity index (χ4n) is 4.81. The Morgan fingerprint density at radius 2 is 1.82 bits per heavy atom. The zero-order valence-corrected chi connectivity index (χ0v) is 19.0. The monoisotopic (exact) mass is 443 g/mol. The van der Waals surface area contributed by atoms with Gasteiger partial charge in [-0.3, -0.25) is 4.90 Å². The highest BCUT2D eigenvalue weighted by Gasteiger charge is 2.26. The molecule has 0 bridgehead atoms. The Morgan fingerprint density at radius 1 is 1.06 bits per heavy atom. The third-order valence-electron chi connectivity index (χ3n) is 6.79. The average molecular weight is 444 g/mol. The number of allylic oxidation sites excluding steroid dienone is 1. The van der Waals surface area contributed by atoms with Gasteiger partial charge in [0.2, 0.25) is 0 Å². The van der Waals surface area contributed by atoms with Crippen LogP contribution < -0.4 is 11.1 Å². The summed E-state index contributed by atoms with van der Waals surface area (Å²) in [4.78, 5) is 7.24. The maximum absolute atomic E-state index is 10.2. The number of nitrogens with two attached hydrogens (primary N) is 1. The molecule has 2 aromatic carbocycles. The molecule has 0 amide bonds. The van der Waals surface area contributed by atoms with E-state index in [9.17, 15) is 5.11 Å². The molecule has 2 aliphatic heterocycles. The molecule has 33 heavy (non-hydrogen) atoms. The van der Waals surface area contributed by atoms with E-state index in [2.05, 4.69) is 51.2 Å². The molecule has 2 atom stereocenters. The van der Waals surface area contributed by atoms with E-state index in [0.717, 1.165) is 69.2 Å². The molecule has 0 spiro atoms. The van der Waals surface area contributed by atoms with Crippen LogP contribution in [-0.4, -0.2) is 51.8 Å². The van der Waals surface area contributed by atoms with E-state index in [1.165, 1.54) is 11.1 Å². The molecule has 0 saturated carbocycles. The van der Waals surface area contributed by atoms with Crippen LogP contribution >= 0.6 is 0 Å². The van der Waals surface area contributed by atoms with Crippen molar-refractivity contribution in [1.82, 2.24) is 19.8 Å². The first-order chi connectivity index (χ1) is 16.2. The van der Waals surface area contributed by atoms with Gasteiger partial charge < -0.3 is 20.7 Å². The summed E-state index contributed by atoms with van der Waals surface area (Å²) in [6.07, 6.45) is 8.21. The minimum atomic E-state index is 0.0507. The molecule has 4 N–H and O–H groups in total. The van der Waals surface area contributed by atoms with E-state index in [0.29, 0.717) is 0 Å². The van der Waals surface area contributed by atoms with E-state index in [1.54, 1.807) is 6.07 Å². The van der Waals surface area contributed by atoms with Gasteiger partial charge >= 0.3 is 0 Å². The number of para-hydroxylation sites is 1. The van der Waals surface area contributed by atoms with E-state index in [4.69, 9.17) is 10.7 Å². The van der Waals surface area contributed by atoms with Gasteiger partial charge in [0.05, 0.1) is 5.69 Å². The summed E-state index contributed by atoms with van der Waals surface area (Å²) in [5.41, 5.74) is 10.8. The minimum Gasteiger partial charge on any atom is -0.507 e. The lowest BCUT2D eigenvalue weighted by Crippen LogP contribution is -2.42. The van der Waals surface area contributed by atoms with Crippen molar-refractivity contribution in [1.29, 1.82) is 0 Å². The quantitative estimate of drug-likeness (QED) is 0.511. The largest absolute Gasteiger partial charge is 0.507 e. The van der Waals surface area contributed by atoms with Crippen LogP contribution in [0.1, 0.15) is 17.0 Å². The first-order valence-corrected chi connectivity index (χ1v) is 11.9. The number of benzene rings is 2. The Morgan fingerprint density at radius 3 is 2.61 bits per heavy atom. The minimum absolute atomic E-state index is 0.0507. The van der Waals surface area contributed by atoms with E-state index >= 15 is 0 Å². The second-order valence-electron chi connectivity index (χ2n) is 9.22. The van der Waals surface area contributed by atoms with E-state index < -0.39 is 0 Å². The highest BCUT2D eigenvalue weighted by atomic mass is 16.3. The van der Waals surface area contributed by atoms with Gasteiger partial charge in [0, 0.05) is 69.4 Å². The van der Waals surface area contributed by atoms with Gasteiger partial charge in [0.25, 0.3) is 0 Å². The fraction of sp³-hybridized carbons (Fsp3) is 0.370. The van der Waals surface area contributed by atoms with Crippen LogP contribution in [-0.2, 0) is 25.9 Å². The zero-order chi connectivity index (χ0) is 22.6. The number of phenolic OH excluding ortho intramolecular Hbond substituents is 1. The molecule has 172 valence electrons. The van der Waals surface area contributed by atoms with Crippen LogP contribution in [0.25, 0.3) is 11.3 Å². The molecule has 1 fully saturated rings. The predicted octanol–water partition coefficient (Wildman–Crippen LogP) is 2.96. The molecular formula is C27H33N5O. The molecule has 1 saturated heterocycles. The molecule has 6 nitrogen and oxygen atoms in total. The SMILES string of the molecule is NC1Cc2nc(-c3ccccc3O)cn2CC1/C=C/Cc1ccc(CN2CCNCC2)cc1. The van der Waals surface area contributed by atoms with Crippen molar-refractivity contribution >= 4 is 0 Å². The second kappa shape index (κ2) is 9.91. The Labute approximate surface area is 195 Å². The third-order valence-corrected chi connectivity index (χ3v) is 6.79. The highest BCUT2D eigenvalue weighted by Crippen LogP contribution is 2.30. The maximum atomic E-state index is 10.2. The summed E-state index contributed by atoms with van der Waals surface area (Å²) < 4.78 is 2.19. The smallest absolute Gasteiger partial charge is 0.125 e. The van der Waals surface area contributed by atoms with Gasteiger partial charge in [-0.1, -0.05) is 48.6 Å². The highest BCUT2D eigenvalue weighted by molar-refractivity contribution is 5.66. The van der Waals surface area contributed by atoms with E-state index in [-0.39, 0.29) is 17.7 Å².